The second-order valence-electron chi connectivity index (χ2n) is 4.50. The molecule has 1 amide bonds. The molecule has 0 aliphatic rings. The molecule has 0 spiro atoms. The molecular formula is C12H19N3O3S. The minimum atomic E-state index is -3.53. The van der Waals surface area contributed by atoms with Crippen LogP contribution in [0.15, 0.2) is 29.2 Å². The lowest BCUT2D eigenvalue weighted by molar-refractivity contribution is -0.118. The summed E-state index contributed by atoms with van der Waals surface area (Å²) in [6, 6.07) is 6.33. The number of nitrogens with zero attached hydrogens (tertiary/aromatic N) is 1. The molecule has 1 aromatic rings. The van der Waals surface area contributed by atoms with Crippen LogP contribution in [0.2, 0.25) is 0 Å². The molecule has 0 fully saturated rings. The lowest BCUT2D eigenvalue weighted by Crippen LogP contribution is -2.27. The van der Waals surface area contributed by atoms with Crippen molar-refractivity contribution in [2.24, 2.45) is 5.73 Å². The summed E-state index contributed by atoms with van der Waals surface area (Å²) in [5.74, 6) is -0.437. The maximum Gasteiger partial charge on any atom is 0.244 e. The van der Waals surface area contributed by atoms with Gasteiger partial charge in [0.05, 0.1) is 5.69 Å². The third kappa shape index (κ3) is 3.93. The lowest BCUT2D eigenvalue weighted by Gasteiger charge is -2.19. The minimum absolute atomic E-state index is 0.135. The Hall–Kier alpha value is -1.60. The van der Waals surface area contributed by atoms with Gasteiger partial charge in [-0.3, -0.25) is 4.79 Å². The molecule has 0 bridgehead atoms. The van der Waals surface area contributed by atoms with Crippen molar-refractivity contribution in [2.75, 3.05) is 19.4 Å². The first kappa shape index (κ1) is 15.5. The Kier molecular flexibility index (Phi) is 4.90. The van der Waals surface area contributed by atoms with E-state index in [1.165, 1.54) is 20.2 Å². The van der Waals surface area contributed by atoms with Crippen LogP contribution in [-0.2, 0) is 14.8 Å². The molecule has 0 saturated carbocycles. The maximum atomic E-state index is 12.2. The molecule has 0 aliphatic carbocycles. The van der Waals surface area contributed by atoms with Gasteiger partial charge < -0.3 is 11.1 Å². The Bertz CT molecular complexity index is 555. The average Bonchev–Trinajstić information content (AvgIpc) is 2.27. The van der Waals surface area contributed by atoms with E-state index in [4.69, 9.17) is 5.73 Å². The summed E-state index contributed by atoms with van der Waals surface area (Å²) in [6.45, 7) is 1.77. The molecule has 3 N–H and O–H groups in total. The fourth-order valence-electron chi connectivity index (χ4n) is 1.63. The zero-order valence-electron chi connectivity index (χ0n) is 11.3. The molecule has 7 heteroatoms. The fourth-order valence-corrected chi connectivity index (χ4v) is 2.67. The first-order valence-corrected chi connectivity index (χ1v) is 7.25. The van der Waals surface area contributed by atoms with Crippen molar-refractivity contribution in [1.82, 2.24) is 4.31 Å². The van der Waals surface area contributed by atoms with E-state index in [-0.39, 0.29) is 17.4 Å². The number of rotatable bonds is 6. The van der Waals surface area contributed by atoms with E-state index in [1.807, 2.05) is 0 Å². The van der Waals surface area contributed by atoms with Crippen molar-refractivity contribution in [3.8, 4) is 0 Å². The smallest absolute Gasteiger partial charge is 0.244 e. The largest absolute Gasteiger partial charge is 0.381 e. The van der Waals surface area contributed by atoms with E-state index in [9.17, 15) is 13.2 Å². The number of nitrogens with two attached hydrogens (primary N) is 1. The van der Waals surface area contributed by atoms with Gasteiger partial charge in [0.25, 0.3) is 0 Å². The van der Waals surface area contributed by atoms with E-state index >= 15 is 0 Å². The van der Waals surface area contributed by atoms with E-state index < -0.39 is 15.9 Å². The van der Waals surface area contributed by atoms with Gasteiger partial charge in [-0.15, -0.1) is 0 Å². The van der Waals surface area contributed by atoms with E-state index in [0.29, 0.717) is 5.69 Å². The van der Waals surface area contributed by atoms with Crippen molar-refractivity contribution in [2.45, 2.75) is 24.3 Å². The number of carbonyl (C=O) groups is 1. The van der Waals surface area contributed by atoms with Crippen molar-refractivity contribution >= 4 is 21.6 Å². The molecule has 1 unspecified atom stereocenters. The van der Waals surface area contributed by atoms with Gasteiger partial charge in [-0.2, -0.15) is 0 Å². The number of nitrogens with one attached hydrogen (secondary N) is 1. The summed E-state index contributed by atoms with van der Waals surface area (Å²) < 4.78 is 25.4. The quantitative estimate of drug-likeness (QED) is 0.801. The Morgan fingerprint density at radius 3 is 2.47 bits per heavy atom. The van der Waals surface area contributed by atoms with E-state index in [2.05, 4.69) is 5.32 Å². The highest BCUT2D eigenvalue weighted by Gasteiger charge is 2.21. The van der Waals surface area contributed by atoms with Crippen LogP contribution in [0.25, 0.3) is 0 Å². The average molecular weight is 285 g/mol. The number of primary amides is 1. The first-order valence-electron chi connectivity index (χ1n) is 5.81. The molecule has 0 aromatic heterocycles. The standard InChI is InChI=1S/C12H19N3O3S/c1-9(8-12(13)16)14-10-6-4-5-7-11(10)19(17,18)15(2)3/h4-7,9,14H,8H2,1-3H3,(H2,13,16). The lowest BCUT2D eigenvalue weighted by atomic mass is 10.2. The third-order valence-electron chi connectivity index (χ3n) is 2.55. The van der Waals surface area contributed by atoms with Gasteiger partial charge in [0.2, 0.25) is 15.9 Å². The summed E-state index contributed by atoms with van der Waals surface area (Å²) in [4.78, 5) is 11.0. The monoisotopic (exact) mass is 285 g/mol. The third-order valence-corrected chi connectivity index (χ3v) is 4.43. The van der Waals surface area contributed by atoms with Crippen molar-refractivity contribution in [3.05, 3.63) is 24.3 Å². The molecule has 6 nitrogen and oxygen atoms in total. The number of sulfonamides is 1. The Labute approximate surface area is 113 Å². The van der Waals surface area contributed by atoms with Crippen LogP contribution in [0.4, 0.5) is 5.69 Å². The number of para-hydroxylation sites is 1. The van der Waals surface area contributed by atoms with Gasteiger partial charge >= 0.3 is 0 Å². The zero-order chi connectivity index (χ0) is 14.6. The number of anilines is 1. The van der Waals surface area contributed by atoms with Crippen molar-refractivity contribution < 1.29 is 13.2 Å². The predicted molar refractivity (Wildman–Crippen MR) is 74.2 cm³/mol. The van der Waals surface area contributed by atoms with Crippen LogP contribution >= 0.6 is 0 Å². The second kappa shape index (κ2) is 6.03. The minimum Gasteiger partial charge on any atom is -0.381 e. The van der Waals surface area contributed by atoms with Crippen LogP contribution in [0.3, 0.4) is 0 Å². The molecule has 0 aliphatic heterocycles. The highest BCUT2D eigenvalue weighted by atomic mass is 32.2. The van der Waals surface area contributed by atoms with Gasteiger partial charge in [-0.05, 0) is 19.1 Å². The molecule has 1 atom stereocenters. The molecule has 1 rings (SSSR count). The summed E-state index contributed by atoms with van der Waals surface area (Å²) in [5, 5.41) is 3.00. The number of carbonyl (C=O) groups excluding carboxylic acids is 1. The second-order valence-corrected chi connectivity index (χ2v) is 6.62. The van der Waals surface area contributed by atoms with E-state index in [1.54, 1.807) is 25.1 Å². The maximum absolute atomic E-state index is 12.2. The van der Waals surface area contributed by atoms with Gasteiger partial charge in [0.15, 0.2) is 0 Å². The van der Waals surface area contributed by atoms with Crippen LogP contribution in [0, 0.1) is 0 Å². The molecule has 0 radical (unpaired) electrons. The van der Waals surface area contributed by atoms with Gasteiger partial charge in [0, 0.05) is 26.6 Å². The van der Waals surface area contributed by atoms with Crippen molar-refractivity contribution in [3.63, 3.8) is 0 Å². The van der Waals surface area contributed by atoms with Gasteiger partial charge in [-0.1, -0.05) is 12.1 Å². The van der Waals surface area contributed by atoms with Crippen LogP contribution in [-0.4, -0.2) is 38.8 Å². The normalized spacial score (nSPS) is 13.3. The summed E-state index contributed by atoms with van der Waals surface area (Å²) in [7, 11) is -0.585. The number of benzene rings is 1. The van der Waals surface area contributed by atoms with Crippen LogP contribution in [0.5, 0.6) is 0 Å². The number of hydrogen-bond acceptors (Lipinski definition) is 4. The molecule has 19 heavy (non-hydrogen) atoms. The molecule has 1 aromatic carbocycles. The molecular weight excluding hydrogens is 266 g/mol. The Balaban J connectivity index is 3.07. The van der Waals surface area contributed by atoms with Crippen molar-refractivity contribution in [1.29, 1.82) is 0 Å². The predicted octanol–water partition coefficient (Wildman–Crippen LogP) is 0.613. The Morgan fingerprint density at radius 2 is 1.95 bits per heavy atom. The highest BCUT2D eigenvalue weighted by molar-refractivity contribution is 7.89. The molecule has 0 heterocycles. The molecule has 106 valence electrons. The molecule has 0 saturated heterocycles. The SMILES string of the molecule is CC(CC(N)=O)Nc1ccccc1S(=O)(=O)N(C)C. The van der Waals surface area contributed by atoms with Gasteiger partial charge in [-0.25, -0.2) is 12.7 Å². The zero-order valence-corrected chi connectivity index (χ0v) is 12.1. The number of amides is 1. The van der Waals surface area contributed by atoms with E-state index in [0.717, 1.165) is 4.31 Å². The van der Waals surface area contributed by atoms with Crippen LogP contribution in [0.1, 0.15) is 13.3 Å². The summed E-state index contributed by atoms with van der Waals surface area (Å²) >= 11 is 0. The van der Waals surface area contributed by atoms with Gasteiger partial charge in [0.1, 0.15) is 4.90 Å². The fraction of sp³-hybridized carbons (Fsp3) is 0.417. The van der Waals surface area contributed by atoms with Crippen LogP contribution < -0.4 is 11.1 Å². The topological polar surface area (TPSA) is 92.5 Å². The first-order chi connectivity index (χ1) is 8.75. The highest BCUT2D eigenvalue weighted by Crippen LogP contribution is 2.24. The summed E-state index contributed by atoms with van der Waals surface area (Å²) in [6.07, 6.45) is 0.135. The number of hydrogen-bond donors (Lipinski definition) is 2. The Morgan fingerprint density at radius 1 is 1.37 bits per heavy atom. The summed E-state index contributed by atoms with van der Waals surface area (Å²) in [5.41, 5.74) is 5.58.